The molecule has 0 spiro atoms. The van der Waals surface area contributed by atoms with Gasteiger partial charge in [-0.3, -0.25) is 19.3 Å². The molecular weight excluding hydrogens is 458 g/mol. The predicted octanol–water partition coefficient (Wildman–Crippen LogP) is 5.47. The second kappa shape index (κ2) is 11.8. The number of nitrogens with one attached hydrogen (secondary N) is 2. The second-order valence-electron chi connectivity index (χ2n) is 8.96. The van der Waals surface area contributed by atoms with Crippen LogP contribution in [0.3, 0.4) is 0 Å². The molecule has 0 radical (unpaired) electrons. The molecule has 35 heavy (non-hydrogen) atoms. The van der Waals surface area contributed by atoms with E-state index in [1.165, 1.54) is 13.3 Å². The highest BCUT2D eigenvalue weighted by Gasteiger charge is 2.34. The van der Waals surface area contributed by atoms with E-state index in [0.29, 0.717) is 11.4 Å². The molecule has 1 saturated carbocycles. The summed E-state index contributed by atoms with van der Waals surface area (Å²) in [5.41, 5.74) is 2.91. The van der Waals surface area contributed by atoms with Gasteiger partial charge in [0.1, 0.15) is 6.04 Å². The highest BCUT2D eigenvalue weighted by atomic mass is 32.1. The van der Waals surface area contributed by atoms with Crippen LogP contribution in [0.5, 0.6) is 0 Å². The number of hydrogen-bond acceptors (Lipinski definition) is 4. The van der Waals surface area contributed by atoms with Gasteiger partial charge in [0.25, 0.3) is 0 Å². The second-order valence-corrected chi connectivity index (χ2v) is 9.74. The number of anilines is 2. The van der Waals surface area contributed by atoms with Gasteiger partial charge in [0, 0.05) is 24.3 Å². The van der Waals surface area contributed by atoms with Gasteiger partial charge in [0.05, 0.1) is 6.42 Å². The molecule has 182 valence electrons. The number of benzene rings is 2. The Morgan fingerprint density at radius 1 is 0.971 bits per heavy atom. The molecule has 4 rings (SSSR count). The predicted molar refractivity (Wildman–Crippen MR) is 140 cm³/mol. The van der Waals surface area contributed by atoms with E-state index in [2.05, 4.69) is 10.6 Å². The maximum absolute atomic E-state index is 13.8. The SMILES string of the molecule is CC(=O)Nc1ccc(N(C(=O)Cc2ccsc2)[C@H](C(=O)NC2CCCCC2)c2ccccc2)cc1. The largest absolute Gasteiger partial charge is 0.351 e. The molecule has 1 aliphatic rings. The van der Waals surface area contributed by atoms with Crippen molar-refractivity contribution in [2.45, 2.75) is 57.5 Å². The maximum Gasteiger partial charge on any atom is 0.248 e. The van der Waals surface area contributed by atoms with Gasteiger partial charge in [-0.25, -0.2) is 0 Å². The summed E-state index contributed by atoms with van der Waals surface area (Å²) in [5.74, 6) is -0.506. The molecule has 1 aromatic heterocycles. The molecule has 2 aromatic carbocycles. The summed E-state index contributed by atoms with van der Waals surface area (Å²) >= 11 is 1.54. The van der Waals surface area contributed by atoms with Crippen LogP contribution in [0.25, 0.3) is 0 Å². The molecule has 0 unspecified atom stereocenters. The van der Waals surface area contributed by atoms with Crippen LogP contribution < -0.4 is 15.5 Å². The summed E-state index contributed by atoms with van der Waals surface area (Å²) in [6, 6.07) is 17.8. The fraction of sp³-hybridized carbons (Fsp3) is 0.321. The normalized spacial score (nSPS) is 14.7. The Labute approximate surface area is 210 Å². The van der Waals surface area contributed by atoms with E-state index in [4.69, 9.17) is 0 Å². The number of carbonyl (C=O) groups excluding carboxylic acids is 3. The van der Waals surface area contributed by atoms with E-state index in [-0.39, 0.29) is 30.2 Å². The third kappa shape index (κ3) is 6.57. The topological polar surface area (TPSA) is 78.5 Å². The molecule has 2 N–H and O–H groups in total. The van der Waals surface area contributed by atoms with Crippen LogP contribution in [0, 0.1) is 0 Å². The molecule has 1 fully saturated rings. The standard InChI is InChI=1S/C28H31N3O3S/c1-20(32)29-24-12-14-25(15-13-24)31(26(33)18-21-16-17-35-19-21)27(22-8-4-2-5-9-22)28(34)30-23-10-6-3-7-11-23/h2,4-5,8-9,12-17,19,23,27H,3,6-7,10-11,18H2,1H3,(H,29,32)(H,30,34)/t27-/m0/s1. The Balaban J connectivity index is 1.71. The van der Waals surface area contributed by atoms with Crippen LogP contribution in [-0.2, 0) is 20.8 Å². The third-order valence-electron chi connectivity index (χ3n) is 6.24. The van der Waals surface area contributed by atoms with Crippen molar-refractivity contribution in [3.8, 4) is 0 Å². The van der Waals surface area contributed by atoms with E-state index in [1.807, 2.05) is 47.2 Å². The van der Waals surface area contributed by atoms with Crippen molar-refractivity contribution in [3.05, 3.63) is 82.6 Å². The zero-order valence-electron chi connectivity index (χ0n) is 19.9. The van der Waals surface area contributed by atoms with E-state index in [9.17, 15) is 14.4 Å². The summed E-state index contributed by atoms with van der Waals surface area (Å²) < 4.78 is 0. The van der Waals surface area contributed by atoms with E-state index in [0.717, 1.165) is 36.8 Å². The molecule has 0 aliphatic heterocycles. The van der Waals surface area contributed by atoms with Crippen molar-refractivity contribution in [3.63, 3.8) is 0 Å². The molecule has 7 heteroatoms. The van der Waals surface area contributed by atoms with Crippen LogP contribution in [0.1, 0.15) is 56.2 Å². The van der Waals surface area contributed by atoms with Gasteiger partial charge in [-0.2, -0.15) is 11.3 Å². The smallest absolute Gasteiger partial charge is 0.248 e. The van der Waals surface area contributed by atoms with Gasteiger partial charge >= 0.3 is 0 Å². The summed E-state index contributed by atoms with van der Waals surface area (Å²) in [6.07, 6.45) is 5.51. The van der Waals surface area contributed by atoms with Crippen molar-refractivity contribution in [2.75, 3.05) is 10.2 Å². The van der Waals surface area contributed by atoms with E-state index < -0.39 is 6.04 Å². The molecule has 0 saturated heterocycles. The fourth-order valence-corrected chi connectivity index (χ4v) is 5.25. The van der Waals surface area contributed by atoms with Crippen molar-refractivity contribution in [2.24, 2.45) is 0 Å². The average molecular weight is 490 g/mol. The Bertz CT molecular complexity index is 1120. The molecule has 3 aromatic rings. The van der Waals surface area contributed by atoms with Gasteiger partial charge in [0.15, 0.2) is 0 Å². The Morgan fingerprint density at radius 3 is 2.31 bits per heavy atom. The first kappa shape index (κ1) is 24.7. The van der Waals surface area contributed by atoms with Crippen LogP contribution in [0.2, 0.25) is 0 Å². The van der Waals surface area contributed by atoms with Gasteiger partial charge in [0.2, 0.25) is 17.7 Å². The Morgan fingerprint density at radius 2 is 1.69 bits per heavy atom. The zero-order chi connectivity index (χ0) is 24.6. The third-order valence-corrected chi connectivity index (χ3v) is 6.98. The summed E-state index contributed by atoms with van der Waals surface area (Å²) in [4.78, 5) is 40.6. The lowest BCUT2D eigenvalue weighted by atomic mass is 9.94. The number of nitrogens with zero attached hydrogens (tertiary/aromatic N) is 1. The molecule has 1 heterocycles. The number of thiophene rings is 1. The minimum Gasteiger partial charge on any atom is -0.351 e. The Hall–Kier alpha value is -3.45. The first-order valence-corrected chi connectivity index (χ1v) is 13.0. The monoisotopic (exact) mass is 489 g/mol. The number of rotatable bonds is 8. The average Bonchev–Trinajstić information content (AvgIpc) is 3.37. The molecule has 6 nitrogen and oxygen atoms in total. The van der Waals surface area contributed by atoms with Crippen molar-refractivity contribution in [1.29, 1.82) is 0 Å². The summed E-state index contributed by atoms with van der Waals surface area (Å²) in [5, 5.41) is 9.88. The van der Waals surface area contributed by atoms with Gasteiger partial charge in [-0.1, -0.05) is 49.6 Å². The molecule has 1 atom stereocenters. The maximum atomic E-state index is 13.8. The lowest BCUT2D eigenvalue weighted by molar-refractivity contribution is -0.127. The minimum atomic E-state index is -0.809. The first-order chi connectivity index (χ1) is 17.0. The van der Waals surface area contributed by atoms with Crippen molar-refractivity contribution in [1.82, 2.24) is 5.32 Å². The highest BCUT2D eigenvalue weighted by molar-refractivity contribution is 7.08. The van der Waals surface area contributed by atoms with Gasteiger partial charge in [-0.05, 0) is 65.1 Å². The van der Waals surface area contributed by atoms with Crippen molar-refractivity contribution >= 4 is 40.4 Å². The zero-order valence-corrected chi connectivity index (χ0v) is 20.7. The minimum absolute atomic E-state index is 0.124. The molecule has 3 amide bonds. The lowest BCUT2D eigenvalue weighted by Gasteiger charge is -2.33. The van der Waals surface area contributed by atoms with Crippen LogP contribution in [-0.4, -0.2) is 23.8 Å². The number of carbonyl (C=O) groups is 3. The number of hydrogen-bond donors (Lipinski definition) is 2. The highest BCUT2D eigenvalue weighted by Crippen LogP contribution is 2.31. The Kier molecular flexibility index (Phi) is 8.32. The van der Waals surface area contributed by atoms with Crippen LogP contribution in [0.4, 0.5) is 11.4 Å². The lowest BCUT2D eigenvalue weighted by Crippen LogP contribution is -2.47. The molecule has 0 bridgehead atoms. The summed E-state index contributed by atoms with van der Waals surface area (Å²) in [7, 11) is 0. The van der Waals surface area contributed by atoms with E-state index in [1.54, 1.807) is 40.5 Å². The summed E-state index contributed by atoms with van der Waals surface area (Å²) in [6.45, 7) is 1.45. The molecule has 1 aliphatic carbocycles. The van der Waals surface area contributed by atoms with Gasteiger partial charge in [-0.15, -0.1) is 0 Å². The molecular formula is C28H31N3O3S. The van der Waals surface area contributed by atoms with Crippen LogP contribution >= 0.6 is 11.3 Å². The van der Waals surface area contributed by atoms with Gasteiger partial charge < -0.3 is 10.6 Å². The fourth-order valence-electron chi connectivity index (χ4n) is 4.58. The van der Waals surface area contributed by atoms with Crippen molar-refractivity contribution < 1.29 is 14.4 Å². The quantitative estimate of drug-likeness (QED) is 0.440. The first-order valence-electron chi connectivity index (χ1n) is 12.1. The van der Waals surface area contributed by atoms with Crippen LogP contribution in [0.15, 0.2) is 71.4 Å². The number of amides is 3. The van der Waals surface area contributed by atoms with E-state index >= 15 is 0 Å².